The summed E-state index contributed by atoms with van der Waals surface area (Å²) in [5.74, 6) is 0.687. The van der Waals surface area contributed by atoms with Gasteiger partial charge in [0.15, 0.2) is 0 Å². The van der Waals surface area contributed by atoms with Crippen molar-refractivity contribution in [3.8, 4) is 5.75 Å². The largest absolute Gasteiger partial charge is 0.486 e. The third kappa shape index (κ3) is 4.09. The number of hydrogen-bond acceptors (Lipinski definition) is 5. The zero-order valence-electron chi connectivity index (χ0n) is 10.3. The third-order valence-corrected chi connectivity index (χ3v) is 3.46. The van der Waals surface area contributed by atoms with E-state index in [0.717, 1.165) is 5.01 Å². The Labute approximate surface area is 124 Å². The fourth-order valence-electron chi connectivity index (χ4n) is 1.40. The van der Waals surface area contributed by atoms with Gasteiger partial charge in [-0.1, -0.05) is 11.6 Å². The number of amides is 2. The van der Waals surface area contributed by atoms with Gasteiger partial charge in [0.1, 0.15) is 17.4 Å². The van der Waals surface area contributed by atoms with Crippen LogP contribution >= 0.6 is 22.9 Å². The molecular weight excluding hydrogens is 302 g/mol. The molecule has 2 amide bonds. The molecule has 0 aliphatic rings. The second-order valence-electron chi connectivity index (χ2n) is 3.87. The summed E-state index contributed by atoms with van der Waals surface area (Å²) >= 11 is 7.15. The Morgan fingerprint density at radius 3 is 2.80 bits per heavy atom. The molecule has 3 N–H and O–H groups in total. The maximum atomic E-state index is 10.7. The van der Waals surface area contributed by atoms with Crippen LogP contribution in [0.3, 0.4) is 0 Å². The van der Waals surface area contributed by atoms with E-state index in [9.17, 15) is 10.0 Å². The molecular formula is C12H12ClN3O3S. The second-order valence-corrected chi connectivity index (χ2v) is 5.25. The SMILES string of the molecule is NC(=O)N(O)Cc1csc(COc2ccc(Cl)cc2)n1. The van der Waals surface area contributed by atoms with Gasteiger partial charge in [0.25, 0.3) is 0 Å². The number of ether oxygens (including phenoxy) is 1. The summed E-state index contributed by atoms with van der Waals surface area (Å²) in [6.07, 6.45) is 0. The van der Waals surface area contributed by atoms with E-state index >= 15 is 0 Å². The van der Waals surface area contributed by atoms with Crippen LogP contribution in [0.5, 0.6) is 5.75 Å². The fourth-order valence-corrected chi connectivity index (χ4v) is 2.22. The lowest BCUT2D eigenvalue weighted by molar-refractivity contribution is -0.0478. The van der Waals surface area contributed by atoms with Crippen molar-refractivity contribution in [1.82, 2.24) is 10.0 Å². The smallest absolute Gasteiger partial charge is 0.338 e. The van der Waals surface area contributed by atoms with Crippen LogP contribution in [-0.2, 0) is 13.2 Å². The topological polar surface area (TPSA) is 88.7 Å². The summed E-state index contributed by atoms with van der Waals surface area (Å²) in [6, 6.07) is 6.08. The highest BCUT2D eigenvalue weighted by Gasteiger charge is 2.10. The molecule has 0 radical (unpaired) electrons. The molecule has 0 spiro atoms. The van der Waals surface area contributed by atoms with Crippen molar-refractivity contribution in [3.05, 3.63) is 45.4 Å². The Bertz CT molecular complexity index is 588. The molecule has 2 rings (SSSR count). The number of primary amides is 1. The van der Waals surface area contributed by atoms with Crippen molar-refractivity contribution in [2.45, 2.75) is 13.2 Å². The summed E-state index contributed by atoms with van der Waals surface area (Å²) in [7, 11) is 0. The number of carbonyl (C=O) groups is 1. The summed E-state index contributed by atoms with van der Waals surface area (Å²) in [5, 5.41) is 12.7. The van der Waals surface area contributed by atoms with E-state index in [2.05, 4.69) is 4.98 Å². The Balaban J connectivity index is 1.89. The van der Waals surface area contributed by atoms with Crippen LogP contribution in [0.4, 0.5) is 4.79 Å². The number of thiazole rings is 1. The Kier molecular flexibility index (Phi) is 4.78. The first-order chi connectivity index (χ1) is 9.54. The highest BCUT2D eigenvalue weighted by atomic mass is 35.5. The number of nitrogens with two attached hydrogens (primary N) is 1. The van der Waals surface area contributed by atoms with E-state index in [1.54, 1.807) is 29.6 Å². The van der Waals surface area contributed by atoms with Gasteiger partial charge in [-0.15, -0.1) is 11.3 Å². The molecule has 1 heterocycles. The number of rotatable bonds is 5. The van der Waals surface area contributed by atoms with Gasteiger partial charge < -0.3 is 10.5 Å². The molecule has 0 aliphatic heterocycles. The van der Waals surface area contributed by atoms with Crippen LogP contribution in [0, 0.1) is 0 Å². The monoisotopic (exact) mass is 313 g/mol. The minimum absolute atomic E-state index is 0.0488. The molecule has 106 valence electrons. The van der Waals surface area contributed by atoms with Crippen LogP contribution in [0.1, 0.15) is 10.7 Å². The lowest BCUT2D eigenvalue weighted by atomic mass is 10.3. The quantitative estimate of drug-likeness (QED) is 0.656. The van der Waals surface area contributed by atoms with Crippen LogP contribution < -0.4 is 10.5 Å². The van der Waals surface area contributed by atoms with E-state index in [1.165, 1.54) is 11.3 Å². The average Bonchev–Trinajstić information content (AvgIpc) is 2.85. The summed E-state index contributed by atoms with van der Waals surface area (Å²) in [5.41, 5.74) is 5.46. The molecule has 8 heteroatoms. The normalized spacial score (nSPS) is 10.3. The molecule has 1 aromatic heterocycles. The number of hydrogen-bond donors (Lipinski definition) is 2. The Morgan fingerprint density at radius 2 is 2.15 bits per heavy atom. The average molecular weight is 314 g/mol. The van der Waals surface area contributed by atoms with E-state index < -0.39 is 6.03 Å². The van der Waals surface area contributed by atoms with Crippen molar-refractivity contribution in [2.75, 3.05) is 0 Å². The Hall–Kier alpha value is -1.83. The number of urea groups is 1. The van der Waals surface area contributed by atoms with Gasteiger partial charge in [0, 0.05) is 10.4 Å². The molecule has 1 aromatic carbocycles. The Morgan fingerprint density at radius 1 is 1.45 bits per heavy atom. The minimum atomic E-state index is -0.919. The molecule has 0 atom stereocenters. The molecule has 0 aliphatic carbocycles. The lowest BCUT2D eigenvalue weighted by Gasteiger charge is -2.09. The first-order valence-corrected chi connectivity index (χ1v) is 6.88. The zero-order chi connectivity index (χ0) is 14.5. The summed E-state index contributed by atoms with van der Waals surface area (Å²) in [6.45, 7) is 0.251. The number of halogens is 1. The molecule has 0 unspecified atom stereocenters. The van der Waals surface area contributed by atoms with Gasteiger partial charge in [0.05, 0.1) is 12.2 Å². The molecule has 6 nitrogen and oxygen atoms in total. The van der Waals surface area contributed by atoms with E-state index in [-0.39, 0.29) is 6.54 Å². The highest BCUT2D eigenvalue weighted by Crippen LogP contribution is 2.18. The molecule has 2 aromatic rings. The number of nitrogens with zero attached hydrogens (tertiary/aromatic N) is 2. The summed E-state index contributed by atoms with van der Waals surface area (Å²) in [4.78, 5) is 14.9. The molecule has 0 fully saturated rings. The lowest BCUT2D eigenvalue weighted by Crippen LogP contribution is -2.32. The molecule has 0 bridgehead atoms. The van der Waals surface area contributed by atoms with Crippen LogP contribution in [0.2, 0.25) is 5.02 Å². The minimum Gasteiger partial charge on any atom is -0.486 e. The molecule has 20 heavy (non-hydrogen) atoms. The third-order valence-electron chi connectivity index (χ3n) is 2.34. The first-order valence-electron chi connectivity index (χ1n) is 5.62. The van der Waals surface area contributed by atoms with E-state index in [4.69, 9.17) is 22.1 Å². The predicted molar refractivity (Wildman–Crippen MR) is 74.8 cm³/mol. The van der Waals surface area contributed by atoms with Crippen LogP contribution in [0.15, 0.2) is 29.6 Å². The van der Waals surface area contributed by atoms with Gasteiger partial charge in [-0.05, 0) is 24.3 Å². The zero-order valence-corrected chi connectivity index (χ0v) is 11.9. The fraction of sp³-hybridized carbons (Fsp3) is 0.167. The number of benzene rings is 1. The molecule has 0 saturated carbocycles. The predicted octanol–water partition coefficient (Wildman–Crippen LogP) is 2.65. The maximum Gasteiger partial charge on any atom is 0.338 e. The maximum absolute atomic E-state index is 10.7. The molecule has 0 saturated heterocycles. The van der Waals surface area contributed by atoms with E-state index in [0.29, 0.717) is 28.1 Å². The second kappa shape index (κ2) is 6.56. The number of carbonyl (C=O) groups excluding carboxylic acids is 1. The van der Waals surface area contributed by atoms with Crippen molar-refractivity contribution in [1.29, 1.82) is 0 Å². The number of aromatic nitrogens is 1. The van der Waals surface area contributed by atoms with Gasteiger partial charge in [-0.25, -0.2) is 14.8 Å². The summed E-state index contributed by atoms with van der Waals surface area (Å²) < 4.78 is 5.53. The van der Waals surface area contributed by atoms with Gasteiger partial charge in [0.2, 0.25) is 0 Å². The first kappa shape index (κ1) is 14.6. The van der Waals surface area contributed by atoms with Crippen molar-refractivity contribution < 1.29 is 14.7 Å². The highest BCUT2D eigenvalue weighted by molar-refractivity contribution is 7.09. The van der Waals surface area contributed by atoms with Crippen molar-refractivity contribution >= 4 is 29.0 Å². The van der Waals surface area contributed by atoms with E-state index in [1.807, 2.05) is 0 Å². The van der Waals surface area contributed by atoms with Crippen LogP contribution in [-0.4, -0.2) is 21.3 Å². The van der Waals surface area contributed by atoms with Gasteiger partial charge in [-0.2, -0.15) is 0 Å². The number of hydroxylamine groups is 2. The van der Waals surface area contributed by atoms with Gasteiger partial charge in [-0.3, -0.25) is 5.21 Å². The van der Waals surface area contributed by atoms with Gasteiger partial charge >= 0.3 is 6.03 Å². The standard InChI is InChI=1S/C12H12ClN3O3S/c13-8-1-3-10(4-2-8)19-6-11-15-9(7-20-11)5-16(18)12(14)17/h1-4,7,18H,5-6H2,(H2,14,17). The van der Waals surface area contributed by atoms with Crippen molar-refractivity contribution in [3.63, 3.8) is 0 Å². The van der Waals surface area contributed by atoms with Crippen LogP contribution in [0.25, 0.3) is 0 Å². The van der Waals surface area contributed by atoms with Crippen molar-refractivity contribution in [2.24, 2.45) is 5.73 Å².